The molecule has 0 radical (unpaired) electrons. The Morgan fingerprint density at radius 1 is 0.581 bits per heavy atom. The van der Waals surface area contributed by atoms with Crippen LogP contribution in [0.15, 0.2) is 0 Å². The number of nitrogens with two attached hydrogens (primary N) is 3. The lowest BCUT2D eigenvalue weighted by molar-refractivity contribution is -0.140. The lowest BCUT2D eigenvalue weighted by Crippen LogP contribution is -2.61. The highest BCUT2D eigenvalue weighted by molar-refractivity contribution is 6.10. The van der Waals surface area contributed by atoms with Crippen LogP contribution in [0.1, 0.15) is 86.0 Å². The summed E-state index contributed by atoms with van der Waals surface area (Å²) in [6, 6.07) is -10.5. The fourth-order valence-electron chi connectivity index (χ4n) is 7.66. The molecule has 3 aliphatic heterocycles. The first-order valence-corrected chi connectivity index (χ1v) is 21.5. The van der Waals surface area contributed by atoms with Gasteiger partial charge in [0.05, 0.1) is 6.10 Å². The quantitative estimate of drug-likeness (QED) is 0.0817. The third kappa shape index (κ3) is 14.0. The van der Waals surface area contributed by atoms with Gasteiger partial charge >= 0.3 is 6.03 Å². The zero-order valence-electron chi connectivity index (χ0n) is 36.5. The number of imide groups is 1. The Balaban J connectivity index is 2.11. The maximum atomic E-state index is 14.3. The molecule has 23 heteroatoms. The third-order valence-corrected chi connectivity index (χ3v) is 11.0. The van der Waals surface area contributed by atoms with Crippen molar-refractivity contribution < 1.29 is 48.3 Å². The first-order chi connectivity index (χ1) is 29.3. The van der Waals surface area contributed by atoms with Crippen molar-refractivity contribution in [1.29, 1.82) is 0 Å². The zero-order chi connectivity index (χ0) is 46.3. The fourth-order valence-corrected chi connectivity index (χ4v) is 7.66. The molecule has 23 nitrogen and oxygen atoms in total. The Labute approximate surface area is 362 Å². The Morgan fingerprint density at radius 3 is 1.40 bits per heavy atom. The van der Waals surface area contributed by atoms with Crippen LogP contribution in [-0.2, 0) is 38.4 Å². The van der Waals surface area contributed by atoms with E-state index in [0.717, 1.165) is 4.90 Å². The second-order valence-corrected chi connectivity index (χ2v) is 17.1. The molecular formula is C39H69N13O10. The van der Waals surface area contributed by atoms with Gasteiger partial charge in [0.2, 0.25) is 41.4 Å². The first kappa shape index (κ1) is 51.4. The summed E-state index contributed by atoms with van der Waals surface area (Å²) < 4.78 is 0. The second-order valence-electron chi connectivity index (χ2n) is 17.1. The predicted molar refractivity (Wildman–Crippen MR) is 225 cm³/mol. The van der Waals surface area contributed by atoms with E-state index < -0.39 is 107 Å². The molecule has 350 valence electrons. The van der Waals surface area contributed by atoms with Crippen LogP contribution < -0.4 is 65.1 Å². The van der Waals surface area contributed by atoms with Crippen molar-refractivity contribution in [3.8, 4) is 0 Å². The lowest BCUT2D eigenvalue weighted by atomic mass is 9.88. The van der Waals surface area contributed by atoms with Gasteiger partial charge in [0.25, 0.3) is 5.91 Å². The molecule has 0 aromatic carbocycles. The van der Waals surface area contributed by atoms with Crippen molar-refractivity contribution in [2.75, 3.05) is 39.3 Å². The standard InChI is InChI=1S/C39H69N13O10/c1-20(2)18-26-33(57)46-23(6-12-40)30(54)45-25(8-14-42)32(56)50-29(22(5)53)36(60)44-15-9-28(52-37(61)39(51-38(52)62)10-16-43-17-11-39)35(59)47-24(7-13-41)31(55)48-27(19-21(3)4)34(58)49-26/h20-29,43,53H,6-19,40-42H2,1-5H3,(H,44,60)(H,45,54)(H,46,57)(H,47,59)(H,48,55)(H,49,58)(H,50,56)(H,51,62)/t22-,23+,24+,25+,26+,27-,28+,29+/m1/s1. The van der Waals surface area contributed by atoms with Crippen LogP contribution in [0.2, 0.25) is 0 Å². The van der Waals surface area contributed by atoms with E-state index >= 15 is 0 Å². The van der Waals surface area contributed by atoms with Crippen LogP contribution in [-0.4, -0.2) is 156 Å². The molecular weight excluding hydrogens is 811 g/mol. The van der Waals surface area contributed by atoms with E-state index in [9.17, 15) is 48.3 Å². The Kier molecular flexibility index (Phi) is 19.9. The maximum absolute atomic E-state index is 14.3. The maximum Gasteiger partial charge on any atom is 0.325 e. The van der Waals surface area contributed by atoms with Gasteiger partial charge in [0, 0.05) is 6.54 Å². The normalized spacial score (nSPS) is 28.3. The van der Waals surface area contributed by atoms with Gasteiger partial charge in [-0.25, -0.2) is 9.69 Å². The SMILES string of the molecule is CC(C)C[C@@H]1NC(=O)[C@@H](CC(C)C)NC(=O)[C@H](CCN)NC(=O)[C@@H](N2C(=O)NC3(CCNCC3)C2=O)CCNC(=O)[C@H]([C@@H](C)O)NC(=O)[C@H](CCN)NC(=O)[C@H](CCN)NC1=O. The van der Waals surface area contributed by atoms with Crippen molar-refractivity contribution in [3.05, 3.63) is 0 Å². The van der Waals surface area contributed by atoms with Gasteiger partial charge in [-0.1, -0.05) is 27.7 Å². The van der Waals surface area contributed by atoms with E-state index in [-0.39, 0.29) is 89.4 Å². The fraction of sp³-hybridized carbons (Fsp3) is 0.769. The number of urea groups is 1. The smallest absolute Gasteiger partial charge is 0.325 e. The van der Waals surface area contributed by atoms with Crippen molar-refractivity contribution in [2.24, 2.45) is 29.0 Å². The summed E-state index contributed by atoms with van der Waals surface area (Å²) in [4.78, 5) is 125. The highest BCUT2D eigenvalue weighted by Crippen LogP contribution is 2.29. The van der Waals surface area contributed by atoms with Crippen molar-refractivity contribution in [2.45, 2.75) is 140 Å². The molecule has 1 spiro atoms. The van der Waals surface area contributed by atoms with E-state index in [1.165, 1.54) is 6.92 Å². The number of aliphatic hydroxyl groups excluding tert-OH is 1. The van der Waals surface area contributed by atoms with Gasteiger partial charge in [-0.2, -0.15) is 0 Å². The molecule has 10 amide bonds. The summed E-state index contributed by atoms with van der Waals surface area (Å²) in [6.07, 6.45) is -1.46. The number of amides is 10. The van der Waals surface area contributed by atoms with Crippen LogP contribution in [0, 0.1) is 11.8 Å². The number of nitrogens with zero attached hydrogens (tertiary/aromatic N) is 1. The minimum Gasteiger partial charge on any atom is -0.391 e. The van der Waals surface area contributed by atoms with E-state index in [2.05, 4.69) is 47.9 Å². The number of nitrogens with one attached hydrogen (secondary N) is 9. The van der Waals surface area contributed by atoms with Gasteiger partial charge in [-0.05, 0) is 103 Å². The van der Waals surface area contributed by atoms with Crippen LogP contribution in [0.25, 0.3) is 0 Å². The van der Waals surface area contributed by atoms with E-state index in [1.54, 1.807) is 0 Å². The molecule has 3 saturated heterocycles. The molecule has 0 saturated carbocycles. The molecule has 3 heterocycles. The Hall–Kier alpha value is -4.97. The van der Waals surface area contributed by atoms with Crippen molar-refractivity contribution >= 4 is 53.3 Å². The summed E-state index contributed by atoms with van der Waals surface area (Å²) in [5.41, 5.74) is 16.2. The molecule has 16 N–H and O–H groups in total. The Bertz CT molecular complexity index is 1620. The molecule has 0 aromatic heterocycles. The molecule has 0 aromatic rings. The van der Waals surface area contributed by atoms with Crippen molar-refractivity contribution in [3.63, 3.8) is 0 Å². The summed E-state index contributed by atoms with van der Waals surface area (Å²) in [5.74, 6) is -6.80. The second kappa shape index (κ2) is 24.0. The average molecular weight is 880 g/mol. The van der Waals surface area contributed by atoms with Crippen LogP contribution in [0.3, 0.4) is 0 Å². The van der Waals surface area contributed by atoms with Gasteiger partial charge < -0.3 is 70.2 Å². The lowest BCUT2D eigenvalue weighted by Gasteiger charge is -2.32. The summed E-state index contributed by atoms with van der Waals surface area (Å²) in [6.45, 7) is 8.70. The zero-order valence-corrected chi connectivity index (χ0v) is 36.5. The molecule has 3 rings (SSSR count). The van der Waals surface area contributed by atoms with Crippen LogP contribution in [0.4, 0.5) is 4.79 Å². The third-order valence-electron chi connectivity index (χ3n) is 11.0. The highest BCUT2D eigenvalue weighted by Gasteiger charge is 2.54. The molecule has 3 aliphatic rings. The number of aliphatic hydroxyl groups is 1. The molecule has 0 unspecified atom stereocenters. The van der Waals surface area contributed by atoms with Gasteiger partial charge in [-0.15, -0.1) is 0 Å². The number of hydrogen-bond acceptors (Lipinski definition) is 14. The topological polar surface area (TPSA) is 363 Å². The number of hydrogen-bond donors (Lipinski definition) is 13. The first-order valence-electron chi connectivity index (χ1n) is 21.5. The summed E-state index contributed by atoms with van der Waals surface area (Å²) in [7, 11) is 0. The van der Waals surface area contributed by atoms with Gasteiger partial charge in [0.1, 0.15) is 47.8 Å². The van der Waals surface area contributed by atoms with Gasteiger partial charge in [0.15, 0.2) is 0 Å². The summed E-state index contributed by atoms with van der Waals surface area (Å²) >= 11 is 0. The Morgan fingerprint density at radius 2 is 0.984 bits per heavy atom. The molecule has 0 aliphatic carbocycles. The summed E-state index contributed by atoms with van der Waals surface area (Å²) in [5, 5.41) is 34.6. The number of carbonyl (C=O) groups is 9. The molecule has 3 fully saturated rings. The minimum atomic E-state index is -1.60. The predicted octanol–water partition coefficient (Wildman–Crippen LogP) is -5.02. The van der Waals surface area contributed by atoms with E-state index in [1.807, 2.05) is 27.7 Å². The van der Waals surface area contributed by atoms with Crippen LogP contribution >= 0.6 is 0 Å². The van der Waals surface area contributed by atoms with E-state index in [0.29, 0.717) is 13.1 Å². The van der Waals surface area contributed by atoms with Gasteiger partial charge in [-0.3, -0.25) is 38.4 Å². The monoisotopic (exact) mass is 880 g/mol. The largest absolute Gasteiger partial charge is 0.391 e. The molecule has 0 bridgehead atoms. The van der Waals surface area contributed by atoms with Crippen molar-refractivity contribution in [1.82, 2.24) is 52.8 Å². The molecule has 62 heavy (non-hydrogen) atoms. The number of carbonyl (C=O) groups excluding carboxylic acids is 9. The molecule has 8 atom stereocenters. The highest BCUT2D eigenvalue weighted by atomic mass is 16.3. The van der Waals surface area contributed by atoms with Crippen LogP contribution in [0.5, 0.6) is 0 Å². The average Bonchev–Trinajstić information content (AvgIpc) is 3.43. The number of rotatable bonds is 12. The number of piperidine rings is 1. The van der Waals surface area contributed by atoms with E-state index in [4.69, 9.17) is 17.2 Å². The minimum absolute atomic E-state index is 0.0591.